The number of furan rings is 1. The van der Waals surface area contributed by atoms with E-state index in [-0.39, 0.29) is 5.41 Å². The fourth-order valence-electron chi connectivity index (χ4n) is 2.78. The van der Waals surface area contributed by atoms with Crippen molar-refractivity contribution < 1.29 is 4.42 Å². The third kappa shape index (κ3) is 1.94. The third-order valence-electron chi connectivity index (χ3n) is 3.87. The van der Waals surface area contributed by atoms with Crippen LogP contribution in [0.15, 0.2) is 16.5 Å². The van der Waals surface area contributed by atoms with Gasteiger partial charge in [0.15, 0.2) is 0 Å². The van der Waals surface area contributed by atoms with E-state index in [0.29, 0.717) is 11.7 Å². The lowest BCUT2D eigenvalue weighted by Gasteiger charge is -2.19. The van der Waals surface area contributed by atoms with Crippen LogP contribution in [0.3, 0.4) is 0 Å². The molecule has 1 heterocycles. The van der Waals surface area contributed by atoms with Gasteiger partial charge in [0.1, 0.15) is 11.7 Å². The summed E-state index contributed by atoms with van der Waals surface area (Å²) < 4.78 is 5.90. The topological polar surface area (TPSA) is 36.9 Å². The van der Waals surface area contributed by atoms with Crippen LogP contribution in [0.5, 0.6) is 0 Å². The summed E-state index contributed by atoms with van der Waals surface area (Å²) >= 11 is 0. The molecule has 2 aromatic rings. The fraction of sp³-hybridized carbons (Fsp3) is 0.471. The first kappa shape index (κ1) is 12.3. The molecule has 0 amide bonds. The Labute approximate surface area is 114 Å². The van der Waals surface area contributed by atoms with Crippen LogP contribution in [-0.4, -0.2) is 0 Å². The first-order valence-corrected chi connectivity index (χ1v) is 6.89. The van der Waals surface area contributed by atoms with Gasteiger partial charge in [-0.3, -0.25) is 0 Å². The van der Waals surface area contributed by atoms with Crippen molar-refractivity contribution in [3.05, 3.63) is 34.6 Å². The van der Waals surface area contributed by atoms with Gasteiger partial charge in [-0.25, -0.2) is 0 Å². The number of hydrogen-bond donors (Lipinski definition) is 0. The van der Waals surface area contributed by atoms with E-state index in [1.54, 1.807) is 0 Å². The molecule has 1 aromatic heterocycles. The summed E-state index contributed by atoms with van der Waals surface area (Å²) in [4.78, 5) is 0. The van der Waals surface area contributed by atoms with Crippen LogP contribution in [-0.2, 0) is 5.41 Å². The minimum absolute atomic E-state index is 0.0235. The lowest BCUT2D eigenvalue weighted by atomic mass is 9.84. The van der Waals surface area contributed by atoms with Crippen LogP contribution in [0, 0.1) is 18.3 Å². The second-order valence-electron chi connectivity index (χ2n) is 6.67. The predicted molar refractivity (Wildman–Crippen MR) is 76.3 cm³/mol. The van der Waals surface area contributed by atoms with Crippen LogP contribution in [0.1, 0.15) is 62.0 Å². The Bertz CT molecular complexity index is 691. The number of fused-ring (bicyclic) bond motifs is 1. The Morgan fingerprint density at radius 1 is 1.26 bits per heavy atom. The maximum absolute atomic E-state index is 9.32. The standard InChI is InChI=1S/C17H19NO/c1-10-7-12-15(11-5-6-11)14(9-18)19-16(12)13(8-10)17(2,3)4/h7-8,11H,5-6H2,1-4H3. The quantitative estimate of drug-likeness (QED) is 0.732. The molecule has 98 valence electrons. The van der Waals surface area contributed by atoms with Crippen molar-refractivity contribution in [2.24, 2.45) is 0 Å². The highest BCUT2D eigenvalue weighted by molar-refractivity contribution is 5.88. The van der Waals surface area contributed by atoms with Crippen molar-refractivity contribution >= 4 is 11.0 Å². The zero-order valence-corrected chi connectivity index (χ0v) is 12.0. The summed E-state index contributed by atoms with van der Waals surface area (Å²) in [7, 11) is 0. The number of aryl methyl sites for hydroxylation is 1. The average Bonchev–Trinajstić information content (AvgIpc) is 3.08. The van der Waals surface area contributed by atoms with Crippen LogP contribution >= 0.6 is 0 Å². The Hall–Kier alpha value is -1.75. The van der Waals surface area contributed by atoms with Gasteiger partial charge in [-0.1, -0.05) is 26.8 Å². The molecular formula is C17H19NO. The first-order valence-electron chi connectivity index (χ1n) is 6.89. The molecule has 0 bridgehead atoms. The highest BCUT2D eigenvalue weighted by Crippen LogP contribution is 2.47. The molecule has 1 saturated carbocycles. The minimum Gasteiger partial charge on any atom is -0.445 e. The molecule has 19 heavy (non-hydrogen) atoms. The highest BCUT2D eigenvalue weighted by Gasteiger charge is 2.32. The zero-order valence-electron chi connectivity index (χ0n) is 12.0. The van der Waals surface area contributed by atoms with E-state index in [0.717, 1.165) is 16.5 Å². The zero-order chi connectivity index (χ0) is 13.8. The molecule has 1 aliphatic carbocycles. The molecule has 3 rings (SSSR count). The van der Waals surface area contributed by atoms with E-state index in [1.165, 1.54) is 24.0 Å². The highest BCUT2D eigenvalue weighted by atomic mass is 16.3. The van der Waals surface area contributed by atoms with E-state index in [9.17, 15) is 5.26 Å². The summed E-state index contributed by atoms with van der Waals surface area (Å²) in [6.07, 6.45) is 2.37. The van der Waals surface area contributed by atoms with Crippen molar-refractivity contribution in [2.75, 3.05) is 0 Å². The SMILES string of the molecule is Cc1cc(C(C)(C)C)c2oc(C#N)c(C3CC3)c2c1. The summed E-state index contributed by atoms with van der Waals surface area (Å²) in [6, 6.07) is 6.59. The number of nitriles is 1. The largest absolute Gasteiger partial charge is 0.445 e. The maximum atomic E-state index is 9.32. The summed E-state index contributed by atoms with van der Waals surface area (Å²) in [5.74, 6) is 1.05. The monoisotopic (exact) mass is 253 g/mol. The molecule has 0 spiro atoms. The smallest absolute Gasteiger partial charge is 0.208 e. The van der Waals surface area contributed by atoms with Gasteiger partial charge in [0.2, 0.25) is 5.76 Å². The van der Waals surface area contributed by atoms with E-state index in [2.05, 4.69) is 45.9 Å². The van der Waals surface area contributed by atoms with Gasteiger partial charge in [0, 0.05) is 16.5 Å². The van der Waals surface area contributed by atoms with Crippen LogP contribution < -0.4 is 0 Å². The van der Waals surface area contributed by atoms with E-state index in [4.69, 9.17) is 4.42 Å². The maximum Gasteiger partial charge on any atom is 0.208 e. The molecule has 1 fully saturated rings. The lowest BCUT2D eigenvalue weighted by Crippen LogP contribution is -2.11. The first-order chi connectivity index (χ1) is 8.91. The molecule has 0 radical (unpaired) electrons. The summed E-state index contributed by atoms with van der Waals surface area (Å²) in [6.45, 7) is 8.68. The summed E-state index contributed by atoms with van der Waals surface area (Å²) in [5, 5.41) is 10.5. The van der Waals surface area contributed by atoms with Gasteiger partial charge in [0.25, 0.3) is 0 Å². The Kier molecular flexibility index (Phi) is 2.50. The van der Waals surface area contributed by atoms with Crippen molar-refractivity contribution in [1.82, 2.24) is 0 Å². The normalized spacial score (nSPS) is 15.7. The second kappa shape index (κ2) is 3.87. The molecule has 0 aliphatic heterocycles. The molecule has 0 unspecified atom stereocenters. The number of rotatable bonds is 1. The number of hydrogen-bond acceptors (Lipinski definition) is 2. The fourth-order valence-corrected chi connectivity index (χ4v) is 2.78. The predicted octanol–water partition coefficient (Wildman–Crippen LogP) is 4.79. The van der Waals surface area contributed by atoms with E-state index >= 15 is 0 Å². The number of benzene rings is 1. The van der Waals surface area contributed by atoms with Crippen molar-refractivity contribution in [3.63, 3.8) is 0 Å². The van der Waals surface area contributed by atoms with Gasteiger partial charge in [0.05, 0.1) is 0 Å². The lowest BCUT2D eigenvalue weighted by molar-refractivity contribution is 0.550. The molecule has 0 saturated heterocycles. The summed E-state index contributed by atoms with van der Waals surface area (Å²) in [5.41, 5.74) is 4.52. The molecular weight excluding hydrogens is 234 g/mol. The average molecular weight is 253 g/mol. The van der Waals surface area contributed by atoms with Crippen molar-refractivity contribution in [3.8, 4) is 6.07 Å². The van der Waals surface area contributed by atoms with Gasteiger partial charge in [-0.2, -0.15) is 5.26 Å². The Balaban J connectivity index is 2.39. The molecule has 0 atom stereocenters. The minimum atomic E-state index is 0.0235. The van der Waals surface area contributed by atoms with Crippen LogP contribution in [0.2, 0.25) is 0 Å². The second-order valence-corrected chi connectivity index (χ2v) is 6.67. The van der Waals surface area contributed by atoms with Crippen LogP contribution in [0.4, 0.5) is 0 Å². The van der Waals surface area contributed by atoms with Crippen molar-refractivity contribution in [1.29, 1.82) is 5.26 Å². The van der Waals surface area contributed by atoms with E-state index in [1.807, 2.05) is 0 Å². The Morgan fingerprint density at radius 3 is 2.47 bits per heavy atom. The molecule has 1 aliphatic rings. The van der Waals surface area contributed by atoms with Gasteiger partial charge in [-0.05, 0) is 42.7 Å². The van der Waals surface area contributed by atoms with Gasteiger partial charge >= 0.3 is 0 Å². The van der Waals surface area contributed by atoms with Gasteiger partial charge in [-0.15, -0.1) is 0 Å². The van der Waals surface area contributed by atoms with Crippen LogP contribution in [0.25, 0.3) is 11.0 Å². The molecule has 2 nitrogen and oxygen atoms in total. The Morgan fingerprint density at radius 2 is 1.95 bits per heavy atom. The van der Waals surface area contributed by atoms with Gasteiger partial charge < -0.3 is 4.42 Å². The van der Waals surface area contributed by atoms with E-state index < -0.39 is 0 Å². The number of nitrogens with zero attached hydrogens (tertiary/aromatic N) is 1. The van der Waals surface area contributed by atoms with Crippen molar-refractivity contribution in [2.45, 2.75) is 51.9 Å². The molecule has 1 aromatic carbocycles. The third-order valence-corrected chi connectivity index (χ3v) is 3.87. The molecule has 2 heteroatoms. The molecule has 0 N–H and O–H groups in total.